The van der Waals surface area contributed by atoms with Gasteiger partial charge in [-0.05, 0) is 6.42 Å². The Bertz CT molecular complexity index is 134. The van der Waals surface area contributed by atoms with Gasteiger partial charge < -0.3 is 10.1 Å². The Hall–Kier alpha value is -0.990. The van der Waals surface area contributed by atoms with Gasteiger partial charge in [0.1, 0.15) is 0 Å². The van der Waals surface area contributed by atoms with Crippen LogP contribution in [0.15, 0.2) is 12.7 Å². The summed E-state index contributed by atoms with van der Waals surface area (Å²) in [5, 5.41) is 2.41. The standard InChI is InChI=1S/C9H16NO2/c1-3-5-6-8-12-9(11)10-7-4-2/h4,7H,2-3,5-6,8H2,1H3,(H,10,11). The van der Waals surface area contributed by atoms with Crippen molar-refractivity contribution in [3.8, 4) is 0 Å². The molecule has 0 atom stereocenters. The maximum Gasteiger partial charge on any atom is 0.407 e. The second-order valence-corrected chi connectivity index (χ2v) is 2.39. The van der Waals surface area contributed by atoms with E-state index < -0.39 is 6.09 Å². The zero-order valence-corrected chi connectivity index (χ0v) is 7.51. The highest BCUT2D eigenvalue weighted by atomic mass is 16.5. The van der Waals surface area contributed by atoms with Gasteiger partial charge in [-0.25, -0.2) is 4.79 Å². The molecular formula is C9H16NO2. The van der Waals surface area contributed by atoms with Crippen LogP contribution in [0.2, 0.25) is 0 Å². The molecule has 0 heterocycles. The first kappa shape index (κ1) is 11.0. The van der Waals surface area contributed by atoms with Gasteiger partial charge in [-0.1, -0.05) is 25.8 Å². The fourth-order valence-corrected chi connectivity index (χ4v) is 0.686. The SMILES string of the molecule is C=C[CH]NC(=O)OCCCCC. The van der Waals surface area contributed by atoms with Crippen LogP contribution in [0.3, 0.4) is 0 Å². The second-order valence-electron chi connectivity index (χ2n) is 2.39. The fraction of sp³-hybridized carbons (Fsp3) is 0.556. The van der Waals surface area contributed by atoms with Crippen LogP contribution < -0.4 is 5.32 Å². The lowest BCUT2D eigenvalue weighted by atomic mass is 10.3. The van der Waals surface area contributed by atoms with E-state index in [0.29, 0.717) is 6.61 Å². The van der Waals surface area contributed by atoms with Crippen LogP contribution in [0.5, 0.6) is 0 Å². The Morgan fingerprint density at radius 2 is 2.33 bits per heavy atom. The Labute approximate surface area is 73.8 Å². The first-order valence-electron chi connectivity index (χ1n) is 4.18. The van der Waals surface area contributed by atoms with Gasteiger partial charge in [-0.3, -0.25) is 0 Å². The van der Waals surface area contributed by atoms with Gasteiger partial charge in [0.15, 0.2) is 0 Å². The van der Waals surface area contributed by atoms with E-state index in [2.05, 4.69) is 18.8 Å². The lowest BCUT2D eigenvalue weighted by molar-refractivity contribution is 0.147. The molecule has 69 valence electrons. The van der Waals surface area contributed by atoms with Gasteiger partial charge in [0.25, 0.3) is 0 Å². The molecule has 0 aromatic rings. The van der Waals surface area contributed by atoms with Gasteiger partial charge in [0.2, 0.25) is 0 Å². The smallest absolute Gasteiger partial charge is 0.407 e. The summed E-state index contributed by atoms with van der Waals surface area (Å²) < 4.78 is 4.82. The maximum atomic E-state index is 10.8. The number of nitrogens with one attached hydrogen (secondary N) is 1. The van der Waals surface area contributed by atoms with Crippen LogP contribution in [0.25, 0.3) is 0 Å². The highest BCUT2D eigenvalue weighted by Gasteiger charge is 1.97. The number of hydrogen-bond donors (Lipinski definition) is 1. The van der Waals surface area contributed by atoms with Crippen molar-refractivity contribution in [3.05, 3.63) is 19.2 Å². The number of alkyl carbamates (subject to hydrolysis) is 1. The molecule has 1 radical (unpaired) electrons. The highest BCUT2D eigenvalue weighted by Crippen LogP contribution is 1.94. The zero-order chi connectivity index (χ0) is 9.23. The van der Waals surface area contributed by atoms with Gasteiger partial charge in [0.05, 0.1) is 13.2 Å². The van der Waals surface area contributed by atoms with Crippen molar-refractivity contribution in [2.75, 3.05) is 6.61 Å². The van der Waals surface area contributed by atoms with Crippen molar-refractivity contribution in [2.24, 2.45) is 0 Å². The van der Waals surface area contributed by atoms with Gasteiger partial charge in [-0.15, -0.1) is 6.58 Å². The minimum Gasteiger partial charge on any atom is -0.450 e. The molecular weight excluding hydrogens is 154 g/mol. The summed E-state index contributed by atoms with van der Waals surface area (Å²) in [4.78, 5) is 10.8. The number of unbranched alkanes of at least 4 members (excludes halogenated alkanes) is 2. The lowest BCUT2D eigenvalue weighted by Gasteiger charge is -2.03. The topological polar surface area (TPSA) is 38.3 Å². The molecule has 0 spiro atoms. The normalized spacial score (nSPS) is 9.08. The molecule has 0 unspecified atom stereocenters. The molecule has 3 nitrogen and oxygen atoms in total. The Morgan fingerprint density at radius 1 is 1.58 bits per heavy atom. The molecule has 0 saturated carbocycles. The van der Waals surface area contributed by atoms with Crippen molar-refractivity contribution in [2.45, 2.75) is 26.2 Å². The highest BCUT2D eigenvalue weighted by molar-refractivity contribution is 5.68. The quantitative estimate of drug-likeness (QED) is 0.621. The molecule has 0 bridgehead atoms. The monoisotopic (exact) mass is 170 g/mol. The number of ether oxygens (including phenoxy) is 1. The lowest BCUT2D eigenvalue weighted by Crippen LogP contribution is -2.21. The first-order chi connectivity index (χ1) is 5.81. The number of hydrogen-bond acceptors (Lipinski definition) is 2. The summed E-state index contributed by atoms with van der Waals surface area (Å²) in [6.45, 7) is 7.46. The average Bonchev–Trinajstić information content (AvgIpc) is 2.09. The first-order valence-corrected chi connectivity index (χ1v) is 4.18. The van der Waals surface area contributed by atoms with Gasteiger partial charge in [-0.2, -0.15) is 0 Å². The Morgan fingerprint density at radius 3 is 2.92 bits per heavy atom. The Balaban J connectivity index is 3.13. The van der Waals surface area contributed by atoms with E-state index in [4.69, 9.17) is 4.74 Å². The number of carbonyl (C=O) groups excluding carboxylic acids is 1. The fourth-order valence-electron chi connectivity index (χ4n) is 0.686. The number of carbonyl (C=O) groups is 1. The molecule has 0 aromatic heterocycles. The van der Waals surface area contributed by atoms with E-state index in [-0.39, 0.29) is 0 Å². The van der Waals surface area contributed by atoms with Crippen molar-refractivity contribution >= 4 is 6.09 Å². The second kappa shape index (κ2) is 8.11. The van der Waals surface area contributed by atoms with E-state index >= 15 is 0 Å². The van der Waals surface area contributed by atoms with Crippen molar-refractivity contribution in [1.29, 1.82) is 0 Å². The average molecular weight is 170 g/mol. The third-order valence-electron chi connectivity index (χ3n) is 1.30. The Kier molecular flexibility index (Phi) is 7.44. The minimum absolute atomic E-state index is 0.411. The minimum atomic E-state index is -0.411. The van der Waals surface area contributed by atoms with Crippen LogP contribution in [-0.2, 0) is 4.74 Å². The third-order valence-corrected chi connectivity index (χ3v) is 1.30. The molecule has 12 heavy (non-hydrogen) atoms. The molecule has 1 N–H and O–H groups in total. The number of rotatable bonds is 6. The summed E-state index contributed by atoms with van der Waals surface area (Å²) in [5.74, 6) is 0. The molecule has 3 heteroatoms. The zero-order valence-electron chi connectivity index (χ0n) is 7.51. The predicted octanol–water partition coefficient (Wildman–Crippen LogP) is 2.25. The molecule has 0 aliphatic rings. The molecule has 0 aliphatic carbocycles. The molecule has 1 amide bonds. The van der Waals surface area contributed by atoms with Gasteiger partial charge >= 0.3 is 6.09 Å². The number of amides is 1. The van der Waals surface area contributed by atoms with E-state index in [1.807, 2.05) is 0 Å². The summed E-state index contributed by atoms with van der Waals surface area (Å²) in [5.41, 5.74) is 0. The maximum absolute atomic E-state index is 10.8. The largest absolute Gasteiger partial charge is 0.450 e. The van der Waals surface area contributed by atoms with E-state index in [9.17, 15) is 4.79 Å². The molecule has 0 aromatic carbocycles. The van der Waals surface area contributed by atoms with E-state index in [1.165, 1.54) is 12.6 Å². The summed E-state index contributed by atoms with van der Waals surface area (Å²) in [6.07, 6.45) is 4.24. The van der Waals surface area contributed by atoms with Gasteiger partial charge in [0, 0.05) is 0 Å². The molecule has 0 rings (SSSR count). The van der Waals surface area contributed by atoms with E-state index in [1.54, 1.807) is 0 Å². The van der Waals surface area contributed by atoms with Crippen molar-refractivity contribution in [1.82, 2.24) is 5.32 Å². The summed E-state index contributed by atoms with van der Waals surface area (Å²) >= 11 is 0. The third kappa shape index (κ3) is 7.12. The summed E-state index contributed by atoms with van der Waals surface area (Å²) in [6, 6.07) is 0. The molecule has 0 fully saturated rings. The molecule has 0 aliphatic heterocycles. The van der Waals surface area contributed by atoms with Crippen molar-refractivity contribution < 1.29 is 9.53 Å². The molecule has 0 saturated heterocycles. The van der Waals surface area contributed by atoms with Crippen LogP contribution in [-0.4, -0.2) is 12.7 Å². The van der Waals surface area contributed by atoms with Crippen LogP contribution in [0, 0.1) is 6.54 Å². The van der Waals surface area contributed by atoms with E-state index in [0.717, 1.165) is 19.3 Å². The predicted molar refractivity (Wildman–Crippen MR) is 48.5 cm³/mol. The van der Waals surface area contributed by atoms with Crippen LogP contribution >= 0.6 is 0 Å². The van der Waals surface area contributed by atoms with Crippen LogP contribution in [0.1, 0.15) is 26.2 Å². The van der Waals surface area contributed by atoms with Crippen LogP contribution in [0.4, 0.5) is 4.79 Å². The summed E-state index contributed by atoms with van der Waals surface area (Å²) in [7, 11) is 0. The van der Waals surface area contributed by atoms with Crippen molar-refractivity contribution in [3.63, 3.8) is 0 Å².